The number of carbonyl (C=O) groups excluding carboxylic acids is 1. The van der Waals surface area contributed by atoms with Crippen molar-refractivity contribution in [3.05, 3.63) is 78.4 Å². The first kappa shape index (κ1) is 22.6. The predicted molar refractivity (Wildman–Crippen MR) is 132 cm³/mol. The molecule has 4 aromatic rings. The summed E-state index contributed by atoms with van der Waals surface area (Å²) >= 11 is 0. The molecule has 176 valence electrons. The molecule has 1 fully saturated rings. The van der Waals surface area contributed by atoms with E-state index >= 15 is 0 Å². The van der Waals surface area contributed by atoms with Crippen LogP contribution in [0.15, 0.2) is 77.7 Å². The lowest BCUT2D eigenvalue weighted by Gasteiger charge is -2.42. The molecule has 2 heterocycles. The highest BCUT2D eigenvalue weighted by Crippen LogP contribution is 2.35. The normalized spacial score (nSPS) is 21.3. The van der Waals surface area contributed by atoms with Gasteiger partial charge in [0.1, 0.15) is 0 Å². The molecule has 1 aliphatic heterocycles. The highest BCUT2D eigenvalue weighted by molar-refractivity contribution is 7.89. The van der Waals surface area contributed by atoms with Crippen LogP contribution in [-0.4, -0.2) is 54.1 Å². The molecule has 3 atom stereocenters. The van der Waals surface area contributed by atoms with Crippen LogP contribution in [0.3, 0.4) is 0 Å². The van der Waals surface area contributed by atoms with E-state index < -0.39 is 28.2 Å². The summed E-state index contributed by atoms with van der Waals surface area (Å²) in [7, 11) is -3.89. The number of piperidine rings is 1. The van der Waals surface area contributed by atoms with Crippen molar-refractivity contribution in [1.29, 1.82) is 0 Å². The van der Waals surface area contributed by atoms with Gasteiger partial charge in [0.2, 0.25) is 15.9 Å². The minimum absolute atomic E-state index is 0.0925. The van der Waals surface area contributed by atoms with E-state index in [1.807, 2.05) is 60.0 Å². The Morgan fingerprint density at radius 2 is 1.47 bits per heavy atom. The van der Waals surface area contributed by atoms with Gasteiger partial charge in [0.25, 0.3) is 0 Å². The number of rotatable bonds is 4. The van der Waals surface area contributed by atoms with Gasteiger partial charge >= 0.3 is 0 Å². The Labute approximate surface area is 198 Å². The quantitative estimate of drug-likeness (QED) is 0.472. The van der Waals surface area contributed by atoms with Crippen molar-refractivity contribution in [2.45, 2.75) is 36.9 Å². The van der Waals surface area contributed by atoms with Crippen LogP contribution in [0.25, 0.3) is 21.8 Å². The van der Waals surface area contributed by atoms with E-state index in [-0.39, 0.29) is 23.9 Å². The lowest BCUT2D eigenvalue weighted by Crippen LogP contribution is -2.60. The van der Waals surface area contributed by atoms with Crippen LogP contribution in [0.5, 0.6) is 0 Å². The van der Waals surface area contributed by atoms with Gasteiger partial charge in [0, 0.05) is 41.8 Å². The summed E-state index contributed by atoms with van der Waals surface area (Å²) in [5, 5.41) is 13.6. The minimum atomic E-state index is -3.89. The highest BCUT2D eigenvalue weighted by atomic mass is 32.2. The lowest BCUT2D eigenvalue weighted by atomic mass is 9.97. The monoisotopic (exact) mass is 477 g/mol. The van der Waals surface area contributed by atoms with Gasteiger partial charge in [-0.05, 0) is 31.2 Å². The molecule has 1 unspecified atom stereocenters. The Bertz CT molecular complexity index is 1420. The second-order valence-corrected chi connectivity index (χ2v) is 10.6. The van der Waals surface area contributed by atoms with Crippen molar-refractivity contribution >= 4 is 37.7 Å². The number of aryl methyl sites for hydroxylation is 1. The lowest BCUT2D eigenvalue weighted by molar-refractivity contribution is -0.133. The van der Waals surface area contributed by atoms with E-state index in [0.29, 0.717) is 0 Å². The van der Waals surface area contributed by atoms with Crippen LogP contribution < -0.4 is 4.72 Å². The maximum atomic E-state index is 13.1. The molecule has 3 aromatic carbocycles. The summed E-state index contributed by atoms with van der Waals surface area (Å²) < 4.78 is 30.9. The Hall–Kier alpha value is -3.20. The number of para-hydroxylation sites is 2. The number of aliphatic hydroxyl groups is 1. The highest BCUT2D eigenvalue weighted by Gasteiger charge is 2.40. The first-order valence-corrected chi connectivity index (χ1v) is 12.7. The fourth-order valence-electron chi connectivity index (χ4n) is 4.92. The summed E-state index contributed by atoms with van der Waals surface area (Å²) in [4.78, 5) is 14.1. The van der Waals surface area contributed by atoms with E-state index in [0.717, 1.165) is 27.4 Å². The zero-order valence-electron chi connectivity index (χ0n) is 19.0. The topological polar surface area (TPSA) is 91.6 Å². The molecule has 5 rings (SSSR count). The molecule has 1 amide bonds. The fraction of sp³-hybridized carbons (Fsp3) is 0.269. The standard InChI is InChI=1S/C26H27N3O4S/c1-17-11-13-19(14-12-17)34(32,33)27-22-15-28(18(2)30)16-25(26(22)31)29-23-9-5-3-7-20(23)21-8-4-6-10-24(21)29/h3-14,22,25-27,31H,15-16H2,1-2H3/t22-,25?,26+/m1/s1. The van der Waals surface area contributed by atoms with Crippen LogP contribution in [-0.2, 0) is 14.8 Å². The number of amides is 1. The number of sulfonamides is 1. The molecule has 0 spiro atoms. The van der Waals surface area contributed by atoms with Crippen molar-refractivity contribution in [3.8, 4) is 0 Å². The third kappa shape index (κ3) is 3.87. The number of hydrogen-bond donors (Lipinski definition) is 2. The Kier molecular flexibility index (Phi) is 5.67. The van der Waals surface area contributed by atoms with E-state index in [1.54, 1.807) is 29.2 Å². The molecular formula is C26H27N3O4S. The summed E-state index contributed by atoms with van der Waals surface area (Å²) in [5.41, 5.74) is 2.81. The van der Waals surface area contributed by atoms with E-state index in [2.05, 4.69) is 4.72 Å². The average molecular weight is 478 g/mol. The fourth-order valence-corrected chi connectivity index (χ4v) is 6.16. The van der Waals surface area contributed by atoms with Gasteiger partial charge in [0.15, 0.2) is 0 Å². The number of carbonyl (C=O) groups is 1. The van der Waals surface area contributed by atoms with E-state index in [9.17, 15) is 18.3 Å². The number of benzene rings is 3. The van der Waals surface area contributed by atoms with Crippen molar-refractivity contribution in [1.82, 2.24) is 14.2 Å². The Balaban J connectivity index is 1.58. The molecule has 0 aliphatic carbocycles. The molecule has 1 aliphatic rings. The van der Waals surface area contributed by atoms with E-state index in [1.165, 1.54) is 6.92 Å². The Morgan fingerprint density at radius 1 is 0.912 bits per heavy atom. The van der Waals surface area contributed by atoms with Gasteiger partial charge in [-0.1, -0.05) is 54.1 Å². The second-order valence-electron chi connectivity index (χ2n) is 8.93. The molecule has 1 aromatic heterocycles. The molecule has 34 heavy (non-hydrogen) atoms. The number of fused-ring (bicyclic) bond motifs is 3. The summed E-state index contributed by atoms with van der Waals surface area (Å²) in [6.07, 6.45) is -1.05. The maximum Gasteiger partial charge on any atom is 0.240 e. The largest absolute Gasteiger partial charge is 0.389 e. The molecule has 0 saturated carbocycles. The zero-order chi connectivity index (χ0) is 24.0. The van der Waals surface area contributed by atoms with Gasteiger partial charge in [-0.25, -0.2) is 13.1 Å². The molecular weight excluding hydrogens is 450 g/mol. The van der Waals surface area contributed by atoms with Gasteiger partial charge in [-0.2, -0.15) is 0 Å². The number of nitrogens with one attached hydrogen (secondary N) is 1. The van der Waals surface area contributed by atoms with Crippen molar-refractivity contribution < 1.29 is 18.3 Å². The molecule has 0 radical (unpaired) electrons. The van der Waals surface area contributed by atoms with E-state index in [4.69, 9.17) is 0 Å². The molecule has 7 nitrogen and oxygen atoms in total. The van der Waals surface area contributed by atoms with Crippen LogP contribution in [0.1, 0.15) is 18.5 Å². The summed E-state index contributed by atoms with van der Waals surface area (Å²) in [6, 6.07) is 21.0. The predicted octanol–water partition coefficient (Wildman–Crippen LogP) is 3.21. The number of aromatic nitrogens is 1. The second kappa shape index (κ2) is 8.54. The number of likely N-dealkylation sites (tertiary alicyclic amines) is 1. The van der Waals surface area contributed by atoms with Crippen LogP contribution in [0.4, 0.5) is 0 Å². The van der Waals surface area contributed by atoms with Crippen molar-refractivity contribution in [2.75, 3.05) is 13.1 Å². The minimum Gasteiger partial charge on any atom is -0.389 e. The zero-order valence-corrected chi connectivity index (χ0v) is 19.9. The molecule has 0 bridgehead atoms. The van der Waals surface area contributed by atoms with Crippen molar-refractivity contribution in [2.24, 2.45) is 0 Å². The van der Waals surface area contributed by atoms with Crippen LogP contribution in [0.2, 0.25) is 0 Å². The van der Waals surface area contributed by atoms with Crippen molar-refractivity contribution in [3.63, 3.8) is 0 Å². The molecule has 1 saturated heterocycles. The third-order valence-corrected chi connectivity index (χ3v) is 8.17. The maximum absolute atomic E-state index is 13.1. The van der Waals surface area contributed by atoms with Gasteiger partial charge in [0.05, 0.1) is 23.1 Å². The number of hydrogen-bond acceptors (Lipinski definition) is 4. The van der Waals surface area contributed by atoms with Gasteiger partial charge in [-0.3, -0.25) is 4.79 Å². The first-order chi connectivity index (χ1) is 16.3. The van der Waals surface area contributed by atoms with Crippen LogP contribution >= 0.6 is 0 Å². The van der Waals surface area contributed by atoms with Gasteiger partial charge in [-0.15, -0.1) is 0 Å². The SMILES string of the molecule is CC(=O)N1CC(n2c3ccccc3c3ccccc32)[C@@H](O)[C@H](NS(=O)(=O)c2ccc(C)cc2)C1. The average Bonchev–Trinajstić information content (AvgIpc) is 3.15. The summed E-state index contributed by atoms with van der Waals surface area (Å²) in [6.45, 7) is 3.72. The number of aliphatic hydroxyl groups excluding tert-OH is 1. The molecule has 2 N–H and O–H groups in total. The Morgan fingerprint density at radius 3 is 2.03 bits per heavy atom. The third-order valence-electron chi connectivity index (χ3n) is 6.66. The van der Waals surface area contributed by atoms with Gasteiger partial charge < -0.3 is 14.6 Å². The summed E-state index contributed by atoms with van der Waals surface area (Å²) in [5.74, 6) is -0.169. The van der Waals surface area contributed by atoms with Crippen LogP contribution in [0, 0.1) is 6.92 Å². The smallest absolute Gasteiger partial charge is 0.240 e. The molecule has 8 heteroatoms. The number of nitrogens with zero attached hydrogens (tertiary/aromatic N) is 2. The first-order valence-electron chi connectivity index (χ1n) is 11.3.